The van der Waals surface area contributed by atoms with Crippen molar-refractivity contribution in [3.8, 4) is 0 Å². The number of rotatable bonds is 5. The van der Waals surface area contributed by atoms with Crippen molar-refractivity contribution in [2.75, 3.05) is 20.6 Å². The largest absolute Gasteiger partial charge is 0.343 e. The molecule has 7 heteroatoms. The fourth-order valence-electron chi connectivity index (χ4n) is 3.89. The van der Waals surface area contributed by atoms with Crippen LogP contribution in [0, 0.1) is 0 Å². The Balaban J connectivity index is 1.87. The third-order valence-electron chi connectivity index (χ3n) is 5.76. The second kappa shape index (κ2) is 9.94. The van der Waals surface area contributed by atoms with Crippen molar-refractivity contribution in [2.24, 2.45) is 0 Å². The quantitative estimate of drug-likeness (QED) is 0.728. The number of nitrogens with zero attached hydrogens (tertiary/aromatic N) is 2. The maximum atomic E-state index is 14.2. The van der Waals surface area contributed by atoms with E-state index in [1.54, 1.807) is 0 Å². The predicted molar refractivity (Wildman–Crippen MR) is 121 cm³/mol. The fraction of sp³-hybridized carbons (Fsp3) is 0.400. The van der Waals surface area contributed by atoms with E-state index in [1.165, 1.54) is 19.7 Å². The number of amides is 3. The van der Waals surface area contributed by atoms with E-state index < -0.39 is 36.0 Å². The molecule has 170 valence electrons. The Morgan fingerprint density at radius 2 is 1.53 bits per heavy atom. The zero-order chi connectivity index (χ0) is 23.4. The highest BCUT2D eigenvalue weighted by atomic mass is 19.1. The van der Waals surface area contributed by atoms with Gasteiger partial charge in [-0.3, -0.25) is 14.4 Å². The number of likely N-dealkylation sites (N-methyl/N-ethyl adjacent to an activating group) is 1. The van der Waals surface area contributed by atoms with Gasteiger partial charge in [0.05, 0.1) is 12.6 Å². The average molecular weight is 440 g/mol. The van der Waals surface area contributed by atoms with E-state index in [4.69, 9.17) is 0 Å². The van der Waals surface area contributed by atoms with Crippen LogP contribution in [0.1, 0.15) is 48.9 Å². The third kappa shape index (κ3) is 5.15. The summed E-state index contributed by atoms with van der Waals surface area (Å²) in [5.74, 6) is -1.75. The van der Waals surface area contributed by atoms with Gasteiger partial charge in [0.1, 0.15) is 12.2 Å². The lowest BCUT2D eigenvalue weighted by molar-refractivity contribution is -0.152. The van der Waals surface area contributed by atoms with Crippen molar-refractivity contribution >= 4 is 17.7 Å². The maximum absolute atomic E-state index is 14.2. The minimum atomic E-state index is -1.36. The molecule has 3 amide bonds. The van der Waals surface area contributed by atoms with Crippen LogP contribution in [0.25, 0.3) is 0 Å². The zero-order valence-corrected chi connectivity index (χ0v) is 18.9. The van der Waals surface area contributed by atoms with Crippen LogP contribution in [0.2, 0.25) is 0 Å². The molecule has 0 bridgehead atoms. The second-order valence-corrected chi connectivity index (χ2v) is 8.68. The van der Waals surface area contributed by atoms with Gasteiger partial charge < -0.3 is 15.1 Å². The van der Waals surface area contributed by atoms with Gasteiger partial charge in [0.25, 0.3) is 0 Å². The predicted octanol–water partition coefficient (Wildman–Crippen LogP) is 3.04. The first kappa shape index (κ1) is 23.4. The lowest BCUT2D eigenvalue weighted by Crippen LogP contribution is -2.51. The minimum absolute atomic E-state index is 0.133. The number of hydrogen-bond donors (Lipinski definition) is 1. The smallest absolute Gasteiger partial charge is 0.312 e. The highest BCUT2D eigenvalue weighted by Crippen LogP contribution is 2.27. The molecule has 2 aromatic rings. The van der Waals surface area contributed by atoms with Gasteiger partial charge in [0.15, 0.2) is 0 Å². The van der Waals surface area contributed by atoms with Crippen molar-refractivity contribution in [3.63, 3.8) is 0 Å². The van der Waals surface area contributed by atoms with Gasteiger partial charge in [-0.25, -0.2) is 4.39 Å². The summed E-state index contributed by atoms with van der Waals surface area (Å²) in [7, 11) is 2.90. The number of benzene rings is 2. The summed E-state index contributed by atoms with van der Waals surface area (Å²) >= 11 is 0. The van der Waals surface area contributed by atoms with Gasteiger partial charge in [-0.1, -0.05) is 68.4 Å². The molecule has 1 aliphatic rings. The van der Waals surface area contributed by atoms with Crippen LogP contribution < -0.4 is 5.32 Å². The van der Waals surface area contributed by atoms with E-state index in [0.29, 0.717) is 5.92 Å². The summed E-state index contributed by atoms with van der Waals surface area (Å²) < 4.78 is 14.2. The molecule has 32 heavy (non-hydrogen) atoms. The van der Waals surface area contributed by atoms with Crippen LogP contribution in [0.4, 0.5) is 4.39 Å². The molecule has 1 heterocycles. The molecule has 0 aromatic heterocycles. The molecular formula is C25H30FN3O3. The average Bonchev–Trinajstić information content (AvgIpc) is 3.18. The number of carbonyl (C=O) groups excluding carboxylic acids is 3. The molecule has 0 aliphatic carbocycles. The summed E-state index contributed by atoms with van der Waals surface area (Å²) in [6, 6.07) is 16.0. The van der Waals surface area contributed by atoms with Gasteiger partial charge in [-0.05, 0) is 22.6 Å². The van der Waals surface area contributed by atoms with Crippen molar-refractivity contribution in [2.45, 2.75) is 44.4 Å². The Morgan fingerprint density at radius 3 is 2.09 bits per heavy atom. The monoisotopic (exact) mass is 439 g/mol. The molecule has 1 saturated heterocycles. The number of likely N-dealkylation sites (tertiary alicyclic amines) is 1. The van der Waals surface area contributed by atoms with Crippen molar-refractivity contribution in [3.05, 3.63) is 71.3 Å². The van der Waals surface area contributed by atoms with Gasteiger partial charge >= 0.3 is 11.8 Å². The van der Waals surface area contributed by atoms with Crippen LogP contribution in [0.15, 0.2) is 54.6 Å². The molecule has 2 aromatic carbocycles. The molecule has 3 atom stereocenters. The van der Waals surface area contributed by atoms with Gasteiger partial charge in [-0.2, -0.15) is 0 Å². The Morgan fingerprint density at radius 1 is 0.969 bits per heavy atom. The SMILES string of the molecule is CC(C)c1ccc([C@@H](NC(=O)[C@@H]2C[C@@H](F)CN2C(=O)C(=O)N(C)C)c2ccccc2)cc1. The molecule has 1 aliphatic heterocycles. The van der Waals surface area contributed by atoms with E-state index in [1.807, 2.05) is 54.6 Å². The van der Waals surface area contributed by atoms with Gasteiger partial charge in [0.2, 0.25) is 5.91 Å². The van der Waals surface area contributed by atoms with Gasteiger partial charge in [0, 0.05) is 20.5 Å². The highest BCUT2D eigenvalue weighted by Gasteiger charge is 2.42. The second-order valence-electron chi connectivity index (χ2n) is 8.68. The molecule has 1 N–H and O–H groups in total. The van der Waals surface area contributed by atoms with E-state index in [0.717, 1.165) is 20.9 Å². The standard InChI is InChI=1S/C25H30FN3O3/c1-16(2)17-10-12-19(13-11-17)22(18-8-6-5-7-9-18)27-23(30)21-14-20(26)15-29(21)25(32)24(31)28(3)4/h5-13,16,20-22H,14-15H2,1-4H3,(H,27,30)/t20-,21+,22+/m1/s1. The Hall–Kier alpha value is -3.22. The molecule has 0 spiro atoms. The minimum Gasteiger partial charge on any atom is -0.343 e. The summed E-state index contributed by atoms with van der Waals surface area (Å²) in [5.41, 5.74) is 2.93. The molecule has 3 rings (SSSR count). The van der Waals surface area contributed by atoms with Crippen LogP contribution >= 0.6 is 0 Å². The summed E-state index contributed by atoms with van der Waals surface area (Å²) in [4.78, 5) is 40.1. The molecule has 0 radical (unpaired) electrons. The number of nitrogens with one attached hydrogen (secondary N) is 1. The van der Waals surface area contributed by atoms with Crippen LogP contribution in [-0.4, -0.2) is 60.4 Å². The lowest BCUT2D eigenvalue weighted by atomic mass is 9.95. The Kier molecular flexibility index (Phi) is 7.28. The molecular weight excluding hydrogens is 409 g/mol. The van der Waals surface area contributed by atoms with Gasteiger partial charge in [-0.15, -0.1) is 0 Å². The molecule has 1 fully saturated rings. The Labute approximate surface area is 188 Å². The van der Waals surface area contributed by atoms with Crippen LogP contribution in [0.3, 0.4) is 0 Å². The summed E-state index contributed by atoms with van der Waals surface area (Å²) in [6.07, 6.45) is -1.49. The molecule has 0 unspecified atom stereocenters. The Bertz CT molecular complexity index is 960. The van der Waals surface area contributed by atoms with E-state index in [9.17, 15) is 18.8 Å². The first-order valence-electron chi connectivity index (χ1n) is 10.8. The summed E-state index contributed by atoms with van der Waals surface area (Å²) in [6.45, 7) is 3.95. The first-order valence-corrected chi connectivity index (χ1v) is 10.8. The maximum Gasteiger partial charge on any atom is 0.312 e. The highest BCUT2D eigenvalue weighted by molar-refractivity contribution is 6.35. The first-order chi connectivity index (χ1) is 15.2. The molecule has 6 nitrogen and oxygen atoms in total. The zero-order valence-electron chi connectivity index (χ0n) is 18.9. The van der Waals surface area contributed by atoms with E-state index >= 15 is 0 Å². The normalized spacial score (nSPS) is 19.0. The van der Waals surface area contributed by atoms with Crippen molar-refractivity contribution < 1.29 is 18.8 Å². The lowest BCUT2D eigenvalue weighted by Gasteiger charge is -2.27. The van der Waals surface area contributed by atoms with E-state index in [-0.39, 0.29) is 13.0 Å². The fourth-order valence-corrected chi connectivity index (χ4v) is 3.89. The third-order valence-corrected chi connectivity index (χ3v) is 5.76. The van der Waals surface area contributed by atoms with Crippen LogP contribution in [-0.2, 0) is 14.4 Å². The van der Waals surface area contributed by atoms with Crippen molar-refractivity contribution in [1.29, 1.82) is 0 Å². The molecule has 0 saturated carbocycles. The number of alkyl halides is 1. The summed E-state index contributed by atoms with van der Waals surface area (Å²) in [5, 5.41) is 2.99. The van der Waals surface area contributed by atoms with Crippen LogP contribution in [0.5, 0.6) is 0 Å². The number of halogens is 1. The van der Waals surface area contributed by atoms with E-state index in [2.05, 4.69) is 19.2 Å². The number of carbonyl (C=O) groups is 3. The number of hydrogen-bond acceptors (Lipinski definition) is 3. The van der Waals surface area contributed by atoms with Crippen molar-refractivity contribution in [1.82, 2.24) is 15.1 Å². The topological polar surface area (TPSA) is 69.7 Å².